The van der Waals surface area contributed by atoms with E-state index in [2.05, 4.69) is 48.4 Å². The third-order valence-electron chi connectivity index (χ3n) is 2.64. The number of aromatic nitrogens is 1. The van der Waals surface area contributed by atoms with Crippen molar-refractivity contribution in [2.45, 2.75) is 30.3 Å². The first-order valence-corrected chi connectivity index (χ1v) is 7.44. The quantitative estimate of drug-likeness (QED) is 0.861. The van der Waals surface area contributed by atoms with E-state index in [-0.39, 0.29) is 0 Å². The Kier molecular flexibility index (Phi) is 5.43. The minimum absolute atomic E-state index is 0.681. The van der Waals surface area contributed by atoms with Gasteiger partial charge in [0.2, 0.25) is 0 Å². The molecule has 0 aliphatic rings. The molecule has 1 N–H and O–H groups in total. The number of benzene rings is 1. The molecule has 0 atom stereocenters. The lowest BCUT2D eigenvalue weighted by molar-refractivity contribution is 0.551. The number of pyridine rings is 1. The molecule has 0 saturated heterocycles. The fourth-order valence-electron chi connectivity index (χ4n) is 1.69. The van der Waals surface area contributed by atoms with E-state index < -0.39 is 0 Å². The highest BCUT2D eigenvalue weighted by Gasteiger charge is 1.99. The second-order valence-electron chi connectivity index (χ2n) is 4.94. The van der Waals surface area contributed by atoms with Crippen molar-refractivity contribution in [3.05, 3.63) is 54.2 Å². The van der Waals surface area contributed by atoms with Crippen molar-refractivity contribution < 1.29 is 0 Å². The normalized spacial score (nSPS) is 10.9. The van der Waals surface area contributed by atoms with Crippen LogP contribution in [0.4, 0.5) is 0 Å². The van der Waals surface area contributed by atoms with Gasteiger partial charge in [0.15, 0.2) is 0 Å². The van der Waals surface area contributed by atoms with Crippen LogP contribution in [0.3, 0.4) is 0 Å². The summed E-state index contributed by atoms with van der Waals surface area (Å²) in [6, 6.07) is 14.6. The van der Waals surface area contributed by atoms with Crippen molar-refractivity contribution in [1.29, 1.82) is 0 Å². The molecule has 0 fully saturated rings. The van der Waals surface area contributed by atoms with Crippen LogP contribution in [-0.4, -0.2) is 11.5 Å². The lowest BCUT2D eigenvalue weighted by Gasteiger charge is -2.07. The van der Waals surface area contributed by atoms with Gasteiger partial charge in [-0.1, -0.05) is 49.9 Å². The van der Waals surface area contributed by atoms with E-state index in [9.17, 15) is 0 Å². The Balaban J connectivity index is 1.88. The summed E-state index contributed by atoms with van der Waals surface area (Å²) >= 11 is 1.69. The minimum atomic E-state index is 0.681. The highest BCUT2D eigenvalue weighted by atomic mass is 32.2. The molecule has 19 heavy (non-hydrogen) atoms. The molecule has 0 aliphatic carbocycles. The van der Waals surface area contributed by atoms with Gasteiger partial charge < -0.3 is 5.32 Å². The van der Waals surface area contributed by atoms with Gasteiger partial charge >= 0.3 is 0 Å². The van der Waals surface area contributed by atoms with Crippen LogP contribution in [0, 0.1) is 5.92 Å². The maximum atomic E-state index is 4.49. The third-order valence-corrected chi connectivity index (χ3v) is 3.60. The first kappa shape index (κ1) is 14.1. The Morgan fingerprint density at radius 2 is 1.89 bits per heavy atom. The van der Waals surface area contributed by atoms with Gasteiger partial charge in [-0.05, 0) is 36.2 Å². The van der Waals surface area contributed by atoms with E-state index in [1.165, 1.54) is 10.5 Å². The number of nitrogens with one attached hydrogen (secondary N) is 1. The number of nitrogens with zero attached hydrogens (tertiary/aromatic N) is 1. The van der Waals surface area contributed by atoms with E-state index in [0.717, 1.165) is 18.1 Å². The zero-order valence-corrected chi connectivity index (χ0v) is 12.3. The Morgan fingerprint density at radius 1 is 1.11 bits per heavy atom. The number of hydrogen-bond acceptors (Lipinski definition) is 3. The summed E-state index contributed by atoms with van der Waals surface area (Å²) in [6.45, 7) is 6.36. The van der Waals surface area contributed by atoms with Gasteiger partial charge in [0.1, 0.15) is 5.03 Å². The summed E-state index contributed by atoms with van der Waals surface area (Å²) in [5.74, 6) is 0.681. The number of rotatable bonds is 6. The maximum absolute atomic E-state index is 4.49. The van der Waals surface area contributed by atoms with Crippen molar-refractivity contribution in [2.24, 2.45) is 5.92 Å². The molecule has 0 aliphatic heterocycles. The van der Waals surface area contributed by atoms with E-state index in [1.54, 1.807) is 11.8 Å². The van der Waals surface area contributed by atoms with Crippen molar-refractivity contribution in [2.75, 3.05) is 6.54 Å². The summed E-state index contributed by atoms with van der Waals surface area (Å²) in [6.07, 6.45) is 1.96. The standard InChI is InChI=1S/C16H20N2S/c1-13(2)10-17-11-14-8-9-16(18-12-14)19-15-6-4-3-5-7-15/h3-9,12-13,17H,10-11H2,1-2H3. The predicted octanol–water partition coefficient (Wildman–Crippen LogP) is 3.98. The van der Waals surface area contributed by atoms with Gasteiger partial charge in [0.25, 0.3) is 0 Å². The molecule has 0 amide bonds. The first-order valence-electron chi connectivity index (χ1n) is 6.62. The Bertz CT molecular complexity index is 480. The average Bonchev–Trinajstić information content (AvgIpc) is 2.42. The zero-order valence-electron chi connectivity index (χ0n) is 11.5. The molecule has 0 unspecified atom stereocenters. The highest BCUT2D eigenvalue weighted by molar-refractivity contribution is 7.99. The fraction of sp³-hybridized carbons (Fsp3) is 0.312. The van der Waals surface area contributed by atoms with Crippen molar-refractivity contribution in [3.63, 3.8) is 0 Å². The van der Waals surface area contributed by atoms with Crippen LogP contribution in [0.15, 0.2) is 58.6 Å². The molecule has 1 aromatic carbocycles. The van der Waals surface area contributed by atoms with Crippen LogP contribution < -0.4 is 5.32 Å². The summed E-state index contributed by atoms with van der Waals surface area (Å²) in [4.78, 5) is 5.72. The van der Waals surface area contributed by atoms with Gasteiger partial charge in [-0.25, -0.2) is 4.98 Å². The molecular formula is C16H20N2S. The summed E-state index contributed by atoms with van der Waals surface area (Å²) in [5.41, 5.74) is 1.23. The number of hydrogen-bond donors (Lipinski definition) is 1. The molecule has 2 aromatic rings. The van der Waals surface area contributed by atoms with Crippen LogP contribution in [0.1, 0.15) is 19.4 Å². The van der Waals surface area contributed by atoms with Crippen molar-refractivity contribution in [1.82, 2.24) is 10.3 Å². The van der Waals surface area contributed by atoms with E-state index >= 15 is 0 Å². The van der Waals surface area contributed by atoms with E-state index in [1.807, 2.05) is 24.4 Å². The van der Waals surface area contributed by atoms with Crippen LogP contribution in [-0.2, 0) is 6.54 Å². The predicted molar refractivity (Wildman–Crippen MR) is 81.3 cm³/mol. The van der Waals surface area contributed by atoms with Crippen molar-refractivity contribution >= 4 is 11.8 Å². The first-order chi connectivity index (χ1) is 9.24. The van der Waals surface area contributed by atoms with Crippen molar-refractivity contribution in [3.8, 4) is 0 Å². The zero-order chi connectivity index (χ0) is 13.5. The lowest BCUT2D eigenvalue weighted by Crippen LogP contribution is -2.18. The topological polar surface area (TPSA) is 24.9 Å². The van der Waals surface area contributed by atoms with Gasteiger partial charge in [0.05, 0.1) is 0 Å². The minimum Gasteiger partial charge on any atom is -0.312 e. The lowest BCUT2D eigenvalue weighted by atomic mass is 10.2. The maximum Gasteiger partial charge on any atom is 0.101 e. The summed E-state index contributed by atoms with van der Waals surface area (Å²) in [5, 5.41) is 4.46. The van der Waals surface area contributed by atoms with Crippen LogP contribution in [0.5, 0.6) is 0 Å². The molecule has 1 aromatic heterocycles. The van der Waals surface area contributed by atoms with E-state index in [4.69, 9.17) is 0 Å². The largest absolute Gasteiger partial charge is 0.312 e. The molecule has 3 heteroatoms. The van der Waals surface area contributed by atoms with Crippen LogP contribution in [0.25, 0.3) is 0 Å². The van der Waals surface area contributed by atoms with Gasteiger partial charge in [-0.15, -0.1) is 0 Å². The van der Waals surface area contributed by atoms with Crippen LogP contribution >= 0.6 is 11.8 Å². The monoisotopic (exact) mass is 272 g/mol. The summed E-state index contributed by atoms with van der Waals surface area (Å²) in [7, 11) is 0. The average molecular weight is 272 g/mol. The molecule has 0 bridgehead atoms. The van der Waals surface area contributed by atoms with Gasteiger partial charge in [-0.3, -0.25) is 0 Å². The molecule has 100 valence electrons. The van der Waals surface area contributed by atoms with E-state index in [0.29, 0.717) is 5.92 Å². The molecule has 1 heterocycles. The van der Waals surface area contributed by atoms with Gasteiger partial charge in [-0.2, -0.15) is 0 Å². The molecule has 2 nitrogen and oxygen atoms in total. The Hall–Kier alpha value is -1.32. The second kappa shape index (κ2) is 7.31. The second-order valence-corrected chi connectivity index (χ2v) is 6.04. The summed E-state index contributed by atoms with van der Waals surface area (Å²) < 4.78 is 0. The highest BCUT2D eigenvalue weighted by Crippen LogP contribution is 2.25. The molecular weight excluding hydrogens is 252 g/mol. The molecule has 0 radical (unpaired) electrons. The SMILES string of the molecule is CC(C)CNCc1ccc(Sc2ccccc2)nc1. The molecule has 0 saturated carbocycles. The molecule has 2 rings (SSSR count). The third kappa shape index (κ3) is 5.05. The van der Waals surface area contributed by atoms with Crippen LogP contribution in [0.2, 0.25) is 0 Å². The smallest absolute Gasteiger partial charge is 0.101 e. The Morgan fingerprint density at radius 3 is 2.53 bits per heavy atom. The molecule has 0 spiro atoms. The van der Waals surface area contributed by atoms with Gasteiger partial charge in [0, 0.05) is 17.6 Å². The Labute approximate surface area is 119 Å². The fourth-order valence-corrected chi connectivity index (χ4v) is 2.47.